The average Bonchev–Trinajstić information content (AvgIpc) is 2.82. The average molecular weight is 459 g/mol. The fourth-order valence-electron chi connectivity index (χ4n) is 3.43. The quantitative estimate of drug-likeness (QED) is 0.391. The first-order chi connectivity index (χ1) is 15.9. The van der Waals surface area contributed by atoms with Crippen LogP contribution in [0.4, 0.5) is 11.5 Å². The number of sulfone groups is 1. The number of carbonyl (C=O) groups is 1. The molecule has 2 heterocycles. The molecule has 2 N–H and O–H groups in total. The number of hydrogen-bond acceptors (Lipinski definition) is 6. The molecule has 0 fully saturated rings. The number of pyridine rings is 2. The van der Waals surface area contributed by atoms with E-state index in [1.54, 1.807) is 24.5 Å². The Kier molecular flexibility index (Phi) is 6.19. The number of anilines is 2. The Morgan fingerprint density at radius 1 is 1.06 bits per heavy atom. The minimum atomic E-state index is -3.84. The van der Waals surface area contributed by atoms with E-state index >= 15 is 0 Å². The predicted molar refractivity (Wildman–Crippen MR) is 131 cm³/mol. The molecule has 7 nitrogen and oxygen atoms in total. The van der Waals surface area contributed by atoms with Gasteiger partial charge in [-0.2, -0.15) is 0 Å². The van der Waals surface area contributed by atoms with Gasteiger partial charge in [-0.15, -0.1) is 0 Å². The molecule has 0 aliphatic heterocycles. The molecule has 166 valence electrons. The number of aromatic nitrogens is 2. The highest BCUT2D eigenvalue weighted by Crippen LogP contribution is 2.29. The number of carbonyl (C=O) groups excluding carboxylic acids is 1. The summed E-state index contributed by atoms with van der Waals surface area (Å²) in [4.78, 5) is 20.2. The molecule has 0 saturated carbocycles. The zero-order valence-electron chi connectivity index (χ0n) is 17.9. The van der Waals surface area contributed by atoms with Crippen LogP contribution in [-0.2, 0) is 14.6 Å². The first kappa shape index (κ1) is 22.2. The summed E-state index contributed by atoms with van der Waals surface area (Å²) in [6.45, 7) is 5.11. The number of benzene rings is 2. The van der Waals surface area contributed by atoms with E-state index in [-0.39, 0.29) is 10.8 Å². The summed E-state index contributed by atoms with van der Waals surface area (Å²) in [7, 11) is -3.84. The summed E-state index contributed by atoms with van der Waals surface area (Å²) in [6, 6.07) is 19.4. The second-order valence-electron chi connectivity index (χ2n) is 7.37. The Balaban J connectivity index is 1.72. The van der Waals surface area contributed by atoms with Crippen molar-refractivity contribution in [2.24, 2.45) is 0 Å². The van der Waals surface area contributed by atoms with Crippen LogP contribution in [0.25, 0.3) is 22.0 Å². The van der Waals surface area contributed by atoms with Gasteiger partial charge in [0.1, 0.15) is 5.82 Å². The van der Waals surface area contributed by atoms with Crippen LogP contribution < -0.4 is 10.6 Å². The molecule has 1 amide bonds. The van der Waals surface area contributed by atoms with Crippen LogP contribution in [0.3, 0.4) is 0 Å². The monoisotopic (exact) mass is 458 g/mol. The summed E-state index contributed by atoms with van der Waals surface area (Å²) < 4.78 is 26.7. The Bertz CT molecular complexity index is 1420. The molecule has 0 radical (unpaired) electrons. The second kappa shape index (κ2) is 9.22. The molecule has 0 aliphatic rings. The minimum Gasteiger partial charge on any atom is -0.350 e. The van der Waals surface area contributed by atoms with Crippen molar-refractivity contribution < 1.29 is 13.2 Å². The molecule has 1 unspecified atom stereocenters. The van der Waals surface area contributed by atoms with Crippen molar-refractivity contribution in [2.45, 2.75) is 17.2 Å². The van der Waals surface area contributed by atoms with Crippen LogP contribution >= 0.6 is 0 Å². The molecule has 0 bridgehead atoms. The predicted octanol–water partition coefficient (Wildman–Crippen LogP) is 4.65. The van der Waals surface area contributed by atoms with E-state index in [1.807, 2.05) is 42.5 Å². The zero-order chi connectivity index (χ0) is 23.4. The molecule has 8 heteroatoms. The molecular weight excluding hydrogens is 436 g/mol. The number of fused-ring (bicyclic) bond motifs is 1. The van der Waals surface area contributed by atoms with Gasteiger partial charge in [-0.1, -0.05) is 43.0 Å². The molecule has 2 aromatic carbocycles. The van der Waals surface area contributed by atoms with E-state index in [0.717, 1.165) is 10.9 Å². The Morgan fingerprint density at radius 2 is 1.79 bits per heavy atom. The summed E-state index contributed by atoms with van der Waals surface area (Å²) in [5, 5.41) is 6.10. The van der Waals surface area contributed by atoms with Crippen LogP contribution in [0, 0.1) is 0 Å². The highest BCUT2D eigenvalue weighted by Gasteiger charge is 2.26. The van der Waals surface area contributed by atoms with Crippen molar-refractivity contribution in [1.29, 1.82) is 0 Å². The Labute approximate surface area is 192 Å². The van der Waals surface area contributed by atoms with Crippen molar-refractivity contribution in [3.05, 3.63) is 91.8 Å². The van der Waals surface area contributed by atoms with Gasteiger partial charge in [-0.3, -0.25) is 9.78 Å². The maximum atomic E-state index is 13.3. The lowest BCUT2D eigenvalue weighted by atomic mass is 10.1. The summed E-state index contributed by atoms with van der Waals surface area (Å²) >= 11 is 0. The van der Waals surface area contributed by atoms with E-state index in [2.05, 4.69) is 22.2 Å². The van der Waals surface area contributed by atoms with Crippen LogP contribution in [0.2, 0.25) is 0 Å². The van der Waals surface area contributed by atoms with E-state index < -0.39 is 15.2 Å². The van der Waals surface area contributed by atoms with Crippen molar-refractivity contribution in [3.8, 4) is 11.3 Å². The van der Waals surface area contributed by atoms with Gasteiger partial charge >= 0.3 is 0 Å². The number of amides is 1. The molecule has 33 heavy (non-hydrogen) atoms. The lowest BCUT2D eigenvalue weighted by Crippen LogP contribution is -2.28. The first-order valence-corrected chi connectivity index (χ1v) is 11.7. The van der Waals surface area contributed by atoms with Gasteiger partial charge in [-0.05, 0) is 41.8 Å². The fraction of sp³-hybridized carbons (Fsp3) is 0.0800. The molecular formula is C25H22N4O3S. The summed E-state index contributed by atoms with van der Waals surface area (Å²) in [6.07, 6.45) is 4.66. The highest BCUT2D eigenvalue weighted by atomic mass is 32.2. The second-order valence-corrected chi connectivity index (χ2v) is 9.44. The maximum Gasteiger partial charge on any atom is 0.221 e. The molecule has 0 saturated heterocycles. The molecule has 0 spiro atoms. The fourth-order valence-corrected chi connectivity index (χ4v) is 4.76. The molecule has 1 atom stereocenters. The molecule has 4 rings (SSSR count). The number of hydrogen-bond donors (Lipinski definition) is 2. The third-order valence-corrected chi connectivity index (χ3v) is 6.94. The van der Waals surface area contributed by atoms with Crippen molar-refractivity contribution in [2.75, 3.05) is 10.6 Å². The summed E-state index contributed by atoms with van der Waals surface area (Å²) in [5.41, 5.74) is 2.13. The number of nitrogens with zero attached hydrogens (tertiary/aromatic N) is 2. The van der Waals surface area contributed by atoms with Gasteiger partial charge in [0.25, 0.3) is 0 Å². The van der Waals surface area contributed by atoms with Crippen molar-refractivity contribution in [3.63, 3.8) is 0 Å². The van der Waals surface area contributed by atoms with Gasteiger partial charge in [-0.25, -0.2) is 13.4 Å². The number of rotatable bonds is 7. The van der Waals surface area contributed by atoms with Crippen LogP contribution in [0.1, 0.15) is 6.92 Å². The van der Waals surface area contributed by atoms with E-state index in [4.69, 9.17) is 4.98 Å². The summed E-state index contributed by atoms with van der Waals surface area (Å²) in [5.74, 6) is 0.156. The van der Waals surface area contributed by atoms with Crippen molar-refractivity contribution >= 4 is 38.0 Å². The first-order valence-electron chi connectivity index (χ1n) is 10.2. The Morgan fingerprint density at radius 3 is 2.45 bits per heavy atom. The van der Waals surface area contributed by atoms with Crippen LogP contribution in [0.15, 0.2) is 96.7 Å². The third kappa shape index (κ3) is 4.75. The van der Waals surface area contributed by atoms with Gasteiger partial charge in [0.05, 0.1) is 10.6 Å². The number of nitrogens with one attached hydrogen (secondary N) is 2. The molecule has 4 aromatic rings. The maximum absolute atomic E-state index is 13.3. The van der Waals surface area contributed by atoms with Gasteiger partial charge < -0.3 is 10.6 Å². The standard InChI is InChI=1S/C25H22N4O3S/c1-3-24(33(31,32)21-11-9-20(10-12-21)27-17(2)30)29-25-22-16-26-14-13-19(22)15-23(28-25)18-7-5-4-6-8-18/h3-16,24H,1H2,2H3,(H,27,30)(H,28,29). The normalized spacial score (nSPS) is 12.2. The van der Waals surface area contributed by atoms with E-state index in [1.165, 1.54) is 25.1 Å². The molecule has 0 aliphatic carbocycles. The van der Waals surface area contributed by atoms with Crippen molar-refractivity contribution in [1.82, 2.24) is 9.97 Å². The van der Waals surface area contributed by atoms with E-state index in [0.29, 0.717) is 22.6 Å². The van der Waals surface area contributed by atoms with E-state index in [9.17, 15) is 13.2 Å². The minimum absolute atomic E-state index is 0.0932. The van der Waals surface area contributed by atoms with Gasteiger partial charge in [0.15, 0.2) is 5.37 Å². The largest absolute Gasteiger partial charge is 0.350 e. The lowest BCUT2D eigenvalue weighted by molar-refractivity contribution is -0.114. The SMILES string of the molecule is C=CC(Nc1nc(-c2ccccc2)cc2ccncc12)S(=O)(=O)c1ccc(NC(C)=O)cc1. The van der Waals surface area contributed by atoms with Crippen LogP contribution in [-0.4, -0.2) is 29.7 Å². The Hall–Kier alpha value is -4.04. The topological polar surface area (TPSA) is 101 Å². The lowest BCUT2D eigenvalue weighted by Gasteiger charge is -2.19. The van der Waals surface area contributed by atoms with Gasteiger partial charge in [0, 0.05) is 36.0 Å². The highest BCUT2D eigenvalue weighted by molar-refractivity contribution is 7.92. The smallest absolute Gasteiger partial charge is 0.221 e. The molecule has 2 aromatic heterocycles. The van der Waals surface area contributed by atoms with Crippen LogP contribution in [0.5, 0.6) is 0 Å². The van der Waals surface area contributed by atoms with Gasteiger partial charge in [0.2, 0.25) is 15.7 Å². The zero-order valence-corrected chi connectivity index (χ0v) is 18.7. The third-order valence-electron chi connectivity index (χ3n) is 5.03.